The molecule has 1 heterocycles. The van der Waals surface area contributed by atoms with E-state index in [1.807, 2.05) is 26.8 Å². The van der Waals surface area contributed by atoms with Crippen molar-refractivity contribution in [3.63, 3.8) is 0 Å². The lowest BCUT2D eigenvalue weighted by Crippen LogP contribution is -2.67. The van der Waals surface area contributed by atoms with Gasteiger partial charge < -0.3 is 14.9 Å². The van der Waals surface area contributed by atoms with E-state index in [2.05, 4.69) is 0 Å². The molecular formula is C15H22O4. The summed E-state index contributed by atoms with van der Waals surface area (Å²) in [4.78, 5) is 12.1. The molecule has 106 valence electrons. The highest BCUT2D eigenvalue weighted by Crippen LogP contribution is 2.63. The molecule has 2 aliphatic carbocycles. The lowest BCUT2D eigenvalue weighted by atomic mass is 9.51. The average molecular weight is 266 g/mol. The molecule has 5 atom stereocenters. The molecule has 0 radical (unpaired) electrons. The zero-order chi connectivity index (χ0) is 14.1. The summed E-state index contributed by atoms with van der Waals surface area (Å²) in [6.45, 7) is 5.99. The van der Waals surface area contributed by atoms with Gasteiger partial charge in [-0.3, -0.25) is 4.79 Å². The second-order valence-electron chi connectivity index (χ2n) is 6.90. The number of ether oxygens (including phenoxy) is 1. The van der Waals surface area contributed by atoms with Crippen molar-refractivity contribution in [3.05, 3.63) is 11.6 Å². The lowest BCUT2D eigenvalue weighted by Gasteiger charge is -2.59. The first-order chi connectivity index (χ1) is 8.74. The van der Waals surface area contributed by atoms with Crippen LogP contribution in [0.15, 0.2) is 11.6 Å². The molecule has 0 unspecified atom stereocenters. The first-order valence-corrected chi connectivity index (χ1v) is 6.98. The molecule has 1 aliphatic heterocycles. The number of hydrogen-bond acceptors (Lipinski definition) is 4. The minimum absolute atomic E-state index is 0.0719. The SMILES string of the molecule is CC1=C[C@@H]2OC[C@@]3(O)C(=O)CC[C@]3(C)[C@@]2(C)C[C@H]1O. The van der Waals surface area contributed by atoms with Crippen LogP contribution in [0.3, 0.4) is 0 Å². The third-order valence-electron chi connectivity index (χ3n) is 6.14. The van der Waals surface area contributed by atoms with Gasteiger partial charge in [-0.1, -0.05) is 19.9 Å². The smallest absolute Gasteiger partial charge is 0.167 e. The molecule has 1 saturated heterocycles. The molecule has 0 bridgehead atoms. The van der Waals surface area contributed by atoms with Crippen LogP contribution >= 0.6 is 0 Å². The van der Waals surface area contributed by atoms with Gasteiger partial charge in [-0.05, 0) is 25.3 Å². The minimum atomic E-state index is -1.39. The Bertz CT molecular complexity index is 471. The van der Waals surface area contributed by atoms with E-state index in [1.54, 1.807) is 0 Å². The number of ketones is 1. The summed E-state index contributed by atoms with van der Waals surface area (Å²) in [5.41, 5.74) is -1.42. The number of aliphatic hydroxyl groups excluding tert-OH is 1. The summed E-state index contributed by atoms with van der Waals surface area (Å²) in [6.07, 6.45) is 2.91. The van der Waals surface area contributed by atoms with Crippen molar-refractivity contribution >= 4 is 5.78 Å². The molecule has 19 heavy (non-hydrogen) atoms. The molecule has 0 aromatic rings. The Morgan fingerprint density at radius 3 is 2.79 bits per heavy atom. The average Bonchev–Trinajstić information content (AvgIpc) is 2.58. The van der Waals surface area contributed by atoms with Crippen molar-refractivity contribution in [2.45, 2.75) is 57.8 Å². The summed E-state index contributed by atoms with van der Waals surface area (Å²) in [7, 11) is 0. The van der Waals surface area contributed by atoms with Gasteiger partial charge in [0.2, 0.25) is 0 Å². The standard InChI is InChI=1S/C15H22O4/c1-9-6-12-13(2,7-10(9)16)14(3)5-4-11(17)15(14,18)8-19-12/h6,10,12,16,18H,4-5,7-8H2,1-3H3/t10-,12+,13+,14-,15-/m1/s1. The van der Waals surface area contributed by atoms with Gasteiger partial charge in [0.05, 0.1) is 18.8 Å². The van der Waals surface area contributed by atoms with Crippen LogP contribution in [0.1, 0.15) is 40.0 Å². The Morgan fingerprint density at radius 1 is 1.42 bits per heavy atom. The number of fused-ring (bicyclic) bond motifs is 3. The van der Waals surface area contributed by atoms with E-state index in [-0.39, 0.29) is 18.5 Å². The monoisotopic (exact) mass is 266 g/mol. The maximum atomic E-state index is 12.1. The molecule has 0 aromatic carbocycles. The molecule has 2 N–H and O–H groups in total. The normalized spacial score (nSPS) is 53.5. The highest BCUT2D eigenvalue weighted by Gasteiger charge is 2.69. The van der Waals surface area contributed by atoms with Crippen LogP contribution in [-0.4, -0.2) is 40.4 Å². The Morgan fingerprint density at radius 2 is 2.11 bits per heavy atom. The molecule has 4 heteroatoms. The number of carbonyl (C=O) groups excluding carboxylic acids is 1. The zero-order valence-electron chi connectivity index (χ0n) is 11.8. The van der Waals surface area contributed by atoms with Gasteiger partial charge in [0, 0.05) is 17.3 Å². The van der Waals surface area contributed by atoms with Gasteiger partial charge in [0.25, 0.3) is 0 Å². The van der Waals surface area contributed by atoms with Gasteiger partial charge in [-0.15, -0.1) is 0 Å². The second kappa shape index (κ2) is 3.68. The Labute approximate surface area is 113 Å². The number of aliphatic hydroxyl groups is 2. The number of Topliss-reactive ketones (excluding diaryl/α,β-unsaturated/α-hetero) is 1. The van der Waals surface area contributed by atoms with E-state index in [0.717, 1.165) is 5.57 Å². The number of carbonyl (C=O) groups is 1. The molecular weight excluding hydrogens is 244 g/mol. The van der Waals surface area contributed by atoms with Gasteiger partial charge in [-0.25, -0.2) is 0 Å². The van der Waals surface area contributed by atoms with Crippen LogP contribution in [0.25, 0.3) is 0 Å². The van der Waals surface area contributed by atoms with E-state index in [0.29, 0.717) is 19.3 Å². The van der Waals surface area contributed by atoms with Crippen LogP contribution in [0.5, 0.6) is 0 Å². The lowest BCUT2D eigenvalue weighted by molar-refractivity contribution is -0.243. The summed E-state index contributed by atoms with van der Waals surface area (Å²) in [6, 6.07) is 0. The summed E-state index contributed by atoms with van der Waals surface area (Å²) < 4.78 is 5.80. The maximum absolute atomic E-state index is 12.1. The molecule has 1 saturated carbocycles. The predicted octanol–water partition coefficient (Wildman–Crippen LogP) is 1.20. The summed E-state index contributed by atoms with van der Waals surface area (Å²) >= 11 is 0. The predicted molar refractivity (Wildman–Crippen MR) is 69.5 cm³/mol. The number of rotatable bonds is 0. The highest BCUT2D eigenvalue weighted by atomic mass is 16.5. The van der Waals surface area contributed by atoms with E-state index < -0.39 is 22.5 Å². The quantitative estimate of drug-likeness (QED) is 0.647. The first-order valence-electron chi connectivity index (χ1n) is 6.98. The topological polar surface area (TPSA) is 66.8 Å². The van der Waals surface area contributed by atoms with Crippen LogP contribution < -0.4 is 0 Å². The van der Waals surface area contributed by atoms with E-state index in [1.165, 1.54) is 0 Å². The third kappa shape index (κ3) is 1.37. The van der Waals surface area contributed by atoms with Crippen LogP contribution in [0.2, 0.25) is 0 Å². The molecule has 0 amide bonds. The minimum Gasteiger partial charge on any atom is -0.389 e. The van der Waals surface area contributed by atoms with Crippen molar-refractivity contribution < 1.29 is 19.7 Å². The van der Waals surface area contributed by atoms with Crippen LogP contribution in [-0.2, 0) is 9.53 Å². The zero-order valence-corrected chi connectivity index (χ0v) is 11.8. The fourth-order valence-corrected chi connectivity index (χ4v) is 4.28. The summed E-state index contributed by atoms with van der Waals surface area (Å²) in [5.74, 6) is -0.115. The highest BCUT2D eigenvalue weighted by molar-refractivity contribution is 5.91. The molecule has 3 rings (SSSR count). The fourth-order valence-electron chi connectivity index (χ4n) is 4.28. The van der Waals surface area contributed by atoms with Crippen molar-refractivity contribution in [2.75, 3.05) is 6.61 Å². The fraction of sp³-hybridized carbons (Fsp3) is 0.800. The van der Waals surface area contributed by atoms with E-state index in [4.69, 9.17) is 4.74 Å². The van der Waals surface area contributed by atoms with Gasteiger partial charge in [0.15, 0.2) is 11.4 Å². The van der Waals surface area contributed by atoms with Crippen molar-refractivity contribution in [3.8, 4) is 0 Å². The van der Waals surface area contributed by atoms with Crippen molar-refractivity contribution in [2.24, 2.45) is 10.8 Å². The van der Waals surface area contributed by atoms with Crippen LogP contribution in [0.4, 0.5) is 0 Å². The molecule has 4 nitrogen and oxygen atoms in total. The Balaban J connectivity index is 2.11. The molecule has 0 aromatic heterocycles. The molecule has 3 aliphatic rings. The molecule has 2 fully saturated rings. The third-order valence-corrected chi connectivity index (χ3v) is 6.14. The first kappa shape index (κ1) is 13.3. The molecule has 0 spiro atoms. The summed E-state index contributed by atoms with van der Waals surface area (Å²) in [5, 5.41) is 21.0. The maximum Gasteiger partial charge on any atom is 0.167 e. The van der Waals surface area contributed by atoms with Gasteiger partial charge >= 0.3 is 0 Å². The number of hydrogen-bond donors (Lipinski definition) is 2. The van der Waals surface area contributed by atoms with E-state index >= 15 is 0 Å². The van der Waals surface area contributed by atoms with Crippen molar-refractivity contribution in [1.29, 1.82) is 0 Å². The van der Waals surface area contributed by atoms with Gasteiger partial charge in [0.1, 0.15) is 0 Å². The second-order valence-corrected chi connectivity index (χ2v) is 6.90. The van der Waals surface area contributed by atoms with Gasteiger partial charge in [-0.2, -0.15) is 0 Å². The Kier molecular flexibility index (Phi) is 2.58. The largest absolute Gasteiger partial charge is 0.389 e. The van der Waals surface area contributed by atoms with Crippen LogP contribution in [0, 0.1) is 10.8 Å². The van der Waals surface area contributed by atoms with Crippen molar-refractivity contribution in [1.82, 2.24) is 0 Å². The Hall–Kier alpha value is -0.710. The van der Waals surface area contributed by atoms with E-state index in [9.17, 15) is 15.0 Å².